The average molecular weight is 404 g/mol. The molecule has 2 amide bonds. The SMILES string of the molecule is O=C(NCc1ccc(Cn2ccnc2)cc1)c1cccc(NC(=O)C2CCCO2)c1. The third kappa shape index (κ3) is 5.12. The van der Waals surface area contributed by atoms with Crippen LogP contribution in [0.3, 0.4) is 0 Å². The van der Waals surface area contributed by atoms with Crippen LogP contribution in [0.5, 0.6) is 0 Å². The minimum Gasteiger partial charge on any atom is -0.368 e. The van der Waals surface area contributed by atoms with Gasteiger partial charge in [-0.1, -0.05) is 30.3 Å². The van der Waals surface area contributed by atoms with Gasteiger partial charge in [-0.25, -0.2) is 4.98 Å². The molecule has 4 rings (SSSR count). The Bertz CT molecular complexity index is 994. The van der Waals surface area contributed by atoms with E-state index in [-0.39, 0.29) is 11.8 Å². The van der Waals surface area contributed by atoms with E-state index in [9.17, 15) is 9.59 Å². The summed E-state index contributed by atoms with van der Waals surface area (Å²) in [7, 11) is 0. The smallest absolute Gasteiger partial charge is 0.253 e. The van der Waals surface area contributed by atoms with Crippen molar-refractivity contribution in [3.05, 3.63) is 83.9 Å². The van der Waals surface area contributed by atoms with Gasteiger partial charge in [0.1, 0.15) is 6.10 Å². The molecule has 7 nitrogen and oxygen atoms in total. The Morgan fingerprint density at radius 3 is 2.70 bits per heavy atom. The molecule has 154 valence electrons. The van der Waals surface area contributed by atoms with Crippen LogP contribution in [0.15, 0.2) is 67.3 Å². The maximum atomic E-state index is 12.5. The molecule has 0 spiro atoms. The second-order valence-corrected chi connectivity index (χ2v) is 7.31. The van der Waals surface area contributed by atoms with Gasteiger partial charge in [-0.3, -0.25) is 9.59 Å². The van der Waals surface area contributed by atoms with E-state index in [1.165, 1.54) is 0 Å². The van der Waals surface area contributed by atoms with E-state index < -0.39 is 6.10 Å². The molecule has 3 aromatic rings. The van der Waals surface area contributed by atoms with Crippen molar-refractivity contribution in [3.63, 3.8) is 0 Å². The van der Waals surface area contributed by atoms with E-state index in [0.717, 1.165) is 30.5 Å². The molecule has 1 aromatic heterocycles. The highest BCUT2D eigenvalue weighted by Gasteiger charge is 2.23. The third-order valence-electron chi connectivity index (χ3n) is 5.01. The van der Waals surface area contributed by atoms with Crippen molar-refractivity contribution in [3.8, 4) is 0 Å². The van der Waals surface area contributed by atoms with E-state index in [4.69, 9.17) is 4.74 Å². The molecule has 1 fully saturated rings. The van der Waals surface area contributed by atoms with Crippen LogP contribution < -0.4 is 10.6 Å². The number of benzene rings is 2. The molecule has 2 heterocycles. The van der Waals surface area contributed by atoms with Gasteiger partial charge in [0.05, 0.1) is 6.33 Å². The summed E-state index contributed by atoms with van der Waals surface area (Å²) in [5.41, 5.74) is 3.27. The zero-order valence-electron chi connectivity index (χ0n) is 16.6. The van der Waals surface area contributed by atoms with Crippen molar-refractivity contribution >= 4 is 17.5 Å². The Morgan fingerprint density at radius 2 is 1.97 bits per heavy atom. The second kappa shape index (κ2) is 9.37. The summed E-state index contributed by atoms with van der Waals surface area (Å²) in [6, 6.07) is 15.0. The van der Waals surface area contributed by atoms with E-state index >= 15 is 0 Å². The molecule has 0 saturated carbocycles. The first-order valence-electron chi connectivity index (χ1n) is 10.0. The lowest BCUT2D eigenvalue weighted by atomic mass is 10.1. The second-order valence-electron chi connectivity index (χ2n) is 7.31. The molecule has 2 N–H and O–H groups in total. The van der Waals surface area contributed by atoms with Gasteiger partial charge < -0.3 is 19.9 Å². The number of nitrogens with one attached hydrogen (secondary N) is 2. The van der Waals surface area contributed by atoms with Gasteiger partial charge in [-0.2, -0.15) is 0 Å². The first-order chi connectivity index (χ1) is 14.7. The Morgan fingerprint density at radius 1 is 1.13 bits per heavy atom. The highest BCUT2D eigenvalue weighted by atomic mass is 16.5. The van der Waals surface area contributed by atoms with Gasteiger partial charge in [0.2, 0.25) is 0 Å². The summed E-state index contributed by atoms with van der Waals surface area (Å²) >= 11 is 0. The van der Waals surface area contributed by atoms with Crippen molar-refractivity contribution in [1.82, 2.24) is 14.9 Å². The Hall–Kier alpha value is -3.45. The molecule has 0 radical (unpaired) electrons. The predicted octanol–water partition coefficient (Wildman–Crippen LogP) is 2.98. The fraction of sp³-hybridized carbons (Fsp3) is 0.261. The fourth-order valence-electron chi connectivity index (χ4n) is 3.38. The summed E-state index contributed by atoms with van der Waals surface area (Å²) in [5.74, 6) is -0.355. The first-order valence-corrected chi connectivity index (χ1v) is 10.0. The Kier molecular flexibility index (Phi) is 6.20. The number of aromatic nitrogens is 2. The normalized spacial score (nSPS) is 15.7. The zero-order chi connectivity index (χ0) is 20.8. The average Bonchev–Trinajstić information content (AvgIpc) is 3.48. The molecule has 1 saturated heterocycles. The van der Waals surface area contributed by atoms with Crippen LogP contribution in [0.1, 0.15) is 34.3 Å². The molecule has 1 unspecified atom stereocenters. The number of anilines is 1. The lowest BCUT2D eigenvalue weighted by molar-refractivity contribution is -0.124. The highest BCUT2D eigenvalue weighted by molar-refractivity contribution is 5.98. The van der Waals surface area contributed by atoms with E-state index in [0.29, 0.717) is 24.4 Å². The maximum Gasteiger partial charge on any atom is 0.253 e. The topological polar surface area (TPSA) is 85.3 Å². The summed E-state index contributed by atoms with van der Waals surface area (Å²) in [5, 5.41) is 5.75. The number of hydrogen-bond acceptors (Lipinski definition) is 4. The number of nitrogens with zero attached hydrogens (tertiary/aromatic N) is 2. The molecule has 30 heavy (non-hydrogen) atoms. The minimum absolute atomic E-state index is 0.166. The van der Waals surface area contributed by atoms with Crippen LogP contribution in [0.4, 0.5) is 5.69 Å². The summed E-state index contributed by atoms with van der Waals surface area (Å²) in [4.78, 5) is 28.8. The molecule has 1 aliphatic heterocycles. The Labute approximate surface area is 175 Å². The van der Waals surface area contributed by atoms with Crippen molar-refractivity contribution in [2.24, 2.45) is 0 Å². The number of hydrogen-bond donors (Lipinski definition) is 2. The lowest BCUT2D eigenvalue weighted by Crippen LogP contribution is -2.27. The van der Waals surface area contributed by atoms with Crippen molar-refractivity contribution < 1.29 is 14.3 Å². The standard InChI is InChI=1S/C23H24N4O3/c28-22(19-3-1-4-20(13-19)26-23(29)21-5-2-12-30-21)25-14-17-6-8-18(9-7-17)15-27-11-10-24-16-27/h1,3-4,6-11,13,16,21H,2,5,12,14-15H2,(H,25,28)(H,26,29). The van der Waals surface area contributed by atoms with Crippen LogP contribution in [0.25, 0.3) is 0 Å². The molecular weight excluding hydrogens is 380 g/mol. The van der Waals surface area contributed by atoms with E-state index in [1.807, 2.05) is 35.0 Å². The quantitative estimate of drug-likeness (QED) is 0.634. The summed E-state index contributed by atoms with van der Waals surface area (Å²) < 4.78 is 7.40. The van der Waals surface area contributed by atoms with Crippen molar-refractivity contribution in [2.45, 2.75) is 32.0 Å². The molecular formula is C23H24N4O3. The number of imidazole rings is 1. The molecule has 2 aromatic carbocycles. The number of carbonyl (C=O) groups is 2. The van der Waals surface area contributed by atoms with Crippen molar-refractivity contribution in [1.29, 1.82) is 0 Å². The number of ether oxygens (including phenoxy) is 1. The first kappa shape index (κ1) is 19.8. The molecule has 0 bridgehead atoms. The summed E-state index contributed by atoms with van der Waals surface area (Å²) in [6.07, 6.45) is 6.68. The van der Waals surface area contributed by atoms with Gasteiger partial charge in [-0.15, -0.1) is 0 Å². The summed E-state index contributed by atoms with van der Waals surface area (Å²) in [6.45, 7) is 1.80. The number of rotatable bonds is 7. The number of amides is 2. The molecule has 1 aliphatic rings. The van der Waals surface area contributed by atoms with Crippen LogP contribution in [-0.4, -0.2) is 34.1 Å². The van der Waals surface area contributed by atoms with Crippen molar-refractivity contribution in [2.75, 3.05) is 11.9 Å². The Balaban J connectivity index is 1.31. The van der Waals surface area contributed by atoms with E-state index in [2.05, 4.69) is 15.6 Å². The number of carbonyl (C=O) groups excluding carboxylic acids is 2. The molecule has 7 heteroatoms. The molecule has 0 aliphatic carbocycles. The van der Waals surface area contributed by atoms with Gasteiger partial charge in [0, 0.05) is 43.3 Å². The maximum absolute atomic E-state index is 12.5. The van der Waals surface area contributed by atoms with Gasteiger partial charge in [0.15, 0.2) is 0 Å². The third-order valence-corrected chi connectivity index (χ3v) is 5.01. The minimum atomic E-state index is -0.403. The lowest BCUT2D eigenvalue weighted by Gasteiger charge is -2.12. The van der Waals surface area contributed by atoms with Crippen LogP contribution >= 0.6 is 0 Å². The van der Waals surface area contributed by atoms with Gasteiger partial charge in [-0.05, 0) is 42.2 Å². The largest absolute Gasteiger partial charge is 0.368 e. The van der Waals surface area contributed by atoms with E-state index in [1.54, 1.807) is 36.8 Å². The van der Waals surface area contributed by atoms with Crippen LogP contribution in [0, 0.1) is 0 Å². The highest BCUT2D eigenvalue weighted by Crippen LogP contribution is 2.16. The monoisotopic (exact) mass is 404 g/mol. The zero-order valence-corrected chi connectivity index (χ0v) is 16.6. The van der Waals surface area contributed by atoms with Gasteiger partial charge >= 0.3 is 0 Å². The van der Waals surface area contributed by atoms with Gasteiger partial charge in [0.25, 0.3) is 11.8 Å². The fourth-order valence-corrected chi connectivity index (χ4v) is 3.38. The molecule has 1 atom stereocenters. The predicted molar refractivity (Wildman–Crippen MR) is 113 cm³/mol. The van der Waals surface area contributed by atoms with Crippen LogP contribution in [-0.2, 0) is 22.6 Å². The van der Waals surface area contributed by atoms with Crippen LogP contribution in [0.2, 0.25) is 0 Å².